The second kappa shape index (κ2) is 11.2. The van der Waals surface area contributed by atoms with E-state index in [1.165, 1.54) is 6.08 Å². The number of fused-ring (bicyclic) bond motifs is 2. The molecule has 6 aromatic rings. The van der Waals surface area contributed by atoms with E-state index in [2.05, 4.69) is 25.9 Å². The Bertz CT molecular complexity index is 2050. The maximum absolute atomic E-state index is 13.1. The highest BCUT2D eigenvalue weighted by molar-refractivity contribution is 6.14. The first-order valence-corrected chi connectivity index (χ1v) is 13.7. The number of hydrogen-bond acceptors (Lipinski definition) is 7. The smallest absolute Gasteiger partial charge is 0.354 e. The molecular weight excluding hydrogens is 560 g/mol. The van der Waals surface area contributed by atoms with Crippen LogP contribution in [0, 0.1) is 0 Å². The first kappa shape index (κ1) is 26.7. The van der Waals surface area contributed by atoms with Gasteiger partial charge in [-0.1, -0.05) is 66.7 Å². The lowest BCUT2D eigenvalue weighted by atomic mass is 10.0. The Morgan fingerprint density at radius 3 is 2.55 bits per heavy atom. The molecule has 216 valence electrons. The molecule has 7 rings (SSSR count). The van der Waals surface area contributed by atoms with Crippen molar-refractivity contribution in [2.24, 2.45) is 0 Å². The van der Waals surface area contributed by atoms with Gasteiger partial charge in [0.15, 0.2) is 17.2 Å². The number of H-pyrrole nitrogens is 1. The lowest BCUT2D eigenvalue weighted by Crippen LogP contribution is -2.15. The molecule has 1 aliphatic rings. The van der Waals surface area contributed by atoms with Crippen LogP contribution in [0.25, 0.3) is 39.5 Å². The minimum atomic E-state index is -1.18. The number of nitrogens with one attached hydrogen (secondary N) is 2. The van der Waals surface area contributed by atoms with Crippen LogP contribution in [-0.2, 0) is 11.3 Å². The van der Waals surface area contributed by atoms with E-state index in [1.807, 2.05) is 91.0 Å². The number of carbonyl (C=O) groups is 2. The first-order valence-electron chi connectivity index (χ1n) is 13.7. The summed E-state index contributed by atoms with van der Waals surface area (Å²) in [5, 5.41) is 28.1. The highest BCUT2D eigenvalue weighted by Gasteiger charge is 2.25. The lowest BCUT2D eigenvalue weighted by molar-refractivity contribution is -0.111. The van der Waals surface area contributed by atoms with Gasteiger partial charge in [0.1, 0.15) is 0 Å². The quantitative estimate of drug-likeness (QED) is 0.196. The summed E-state index contributed by atoms with van der Waals surface area (Å²) in [6.07, 6.45) is 3.07. The zero-order valence-corrected chi connectivity index (χ0v) is 23.1. The van der Waals surface area contributed by atoms with Crippen molar-refractivity contribution in [1.82, 2.24) is 25.2 Å². The summed E-state index contributed by atoms with van der Waals surface area (Å²) in [5.74, 6) is 0.102. The Hall–Kier alpha value is -6.23. The Labute approximate surface area is 250 Å². The number of ether oxygens (including phenoxy) is 2. The fraction of sp³-hybridized carbons (Fsp3) is 0.0606. The Morgan fingerprint density at radius 1 is 0.909 bits per heavy atom. The number of rotatable bonds is 8. The maximum atomic E-state index is 13.1. The van der Waals surface area contributed by atoms with Crippen molar-refractivity contribution < 1.29 is 24.2 Å². The van der Waals surface area contributed by atoms with Crippen LogP contribution < -0.4 is 14.8 Å². The Morgan fingerprint density at radius 2 is 1.73 bits per heavy atom. The molecule has 2 aromatic heterocycles. The molecule has 0 atom stereocenters. The van der Waals surface area contributed by atoms with Gasteiger partial charge in [0.2, 0.25) is 18.5 Å². The third-order valence-corrected chi connectivity index (χ3v) is 7.32. The molecule has 0 bridgehead atoms. The van der Waals surface area contributed by atoms with E-state index in [-0.39, 0.29) is 24.7 Å². The number of benzene rings is 4. The van der Waals surface area contributed by atoms with Crippen LogP contribution in [0.4, 0.5) is 5.69 Å². The number of carboxylic acid groups (broad SMARTS) is 1. The molecule has 11 heteroatoms. The Kier molecular flexibility index (Phi) is 6.79. The van der Waals surface area contributed by atoms with Gasteiger partial charge in [0, 0.05) is 23.6 Å². The summed E-state index contributed by atoms with van der Waals surface area (Å²) in [6, 6.07) is 28.1. The van der Waals surface area contributed by atoms with Crippen molar-refractivity contribution >= 4 is 34.5 Å². The molecule has 0 spiro atoms. The van der Waals surface area contributed by atoms with E-state index in [9.17, 15) is 14.7 Å². The zero-order chi connectivity index (χ0) is 30.0. The monoisotopic (exact) mass is 584 g/mol. The van der Waals surface area contributed by atoms with Crippen molar-refractivity contribution in [2.45, 2.75) is 6.54 Å². The number of aromatic carboxylic acids is 1. The zero-order valence-electron chi connectivity index (χ0n) is 23.1. The average molecular weight is 585 g/mol. The SMILES string of the molecule is O=C(/C=C/c1ccccc1)Nc1c(C(=O)O)n(Cc2cccc(-c3nn[nH]n3)c2)c2cc(-c3ccc4c(c3)OCO4)ccc12. The van der Waals surface area contributed by atoms with Crippen LogP contribution in [0.3, 0.4) is 0 Å². The number of aromatic amines is 1. The lowest BCUT2D eigenvalue weighted by Gasteiger charge is -2.11. The standard InChI is InChI=1S/C33H24N6O5/c40-29(14-9-20-5-2-1-3-6-20)34-30-25-12-10-22(23-11-13-27-28(17-23)44-19-43-27)16-26(25)39(31(30)33(41)42)18-21-7-4-8-24(15-21)32-35-37-38-36-32/h1-17H,18-19H2,(H,34,40)(H,41,42)(H,35,36,37,38)/b14-9+. The largest absolute Gasteiger partial charge is 0.477 e. The van der Waals surface area contributed by atoms with E-state index in [0.29, 0.717) is 28.2 Å². The van der Waals surface area contributed by atoms with Gasteiger partial charge in [-0.15, -0.1) is 10.2 Å². The van der Waals surface area contributed by atoms with E-state index < -0.39 is 11.9 Å². The third-order valence-electron chi connectivity index (χ3n) is 7.32. The summed E-state index contributed by atoms with van der Waals surface area (Å²) < 4.78 is 12.7. The van der Waals surface area contributed by atoms with Crippen LogP contribution in [0.5, 0.6) is 11.5 Å². The fourth-order valence-electron chi connectivity index (χ4n) is 5.29. The van der Waals surface area contributed by atoms with E-state index in [1.54, 1.807) is 10.6 Å². The molecule has 0 fully saturated rings. The highest BCUT2D eigenvalue weighted by Crippen LogP contribution is 2.39. The fourth-order valence-corrected chi connectivity index (χ4v) is 5.29. The van der Waals surface area contributed by atoms with Gasteiger partial charge in [0.05, 0.1) is 11.2 Å². The van der Waals surface area contributed by atoms with Crippen LogP contribution in [0.2, 0.25) is 0 Å². The molecule has 0 saturated heterocycles. The number of nitrogens with zero attached hydrogens (tertiary/aromatic N) is 4. The number of amides is 1. The summed E-state index contributed by atoms with van der Waals surface area (Å²) in [5.41, 5.74) is 4.89. The minimum absolute atomic E-state index is 0.0470. The van der Waals surface area contributed by atoms with E-state index >= 15 is 0 Å². The first-order chi connectivity index (χ1) is 21.5. The summed E-state index contributed by atoms with van der Waals surface area (Å²) in [6.45, 7) is 0.359. The number of aromatic nitrogens is 5. The number of tetrazole rings is 1. The number of anilines is 1. The summed E-state index contributed by atoms with van der Waals surface area (Å²) in [7, 11) is 0. The molecule has 0 aliphatic carbocycles. The van der Waals surface area contributed by atoms with Crippen LogP contribution >= 0.6 is 0 Å². The van der Waals surface area contributed by atoms with Crippen LogP contribution in [-0.4, -0.2) is 49.0 Å². The predicted octanol–water partition coefficient (Wildman–Crippen LogP) is 5.62. The van der Waals surface area contributed by atoms with E-state index in [0.717, 1.165) is 27.8 Å². The third kappa shape index (κ3) is 5.13. The number of hydrogen-bond donors (Lipinski definition) is 3. The molecular formula is C33H24N6O5. The number of carboxylic acids is 1. The molecule has 1 aliphatic heterocycles. The van der Waals surface area contributed by atoms with Gasteiger partial charge in [0.25, 0.3) is 0 Å². The molecule has 3 heterocycles. The molecule has 44 heavy (non-hydrogen) atoms. The normalized spacial score (nSPS) is 12.2. The van der Waals surface area contributed by atoms with Crippen molar-refractivity contribution in [3.8, 4) is 34.0 Å². The maximum Gasteiger partial charge on any atom is 0.354 e. The molecule has 1 amide bonds. The van der Waals surface area contributed by atoms with Crippen molar-refractivity contribution in [3.05, 3.63) is 114 Å². The molecule has 0 saturated carbocycles. The van der Waals surface area contributed by atoms with E-state index in [4.69, 9.17) is 9.47 Å². The number of carbonyl (C=O) groups excluding carboxylic acids is 1. The predicted molar refractivity (Wildman–Crippen MR) is 163 cm³/mol. The van der Waals surface area contributed by atoms with Gasteiger partial charge in [-0.25, -0.2) is 4.79 Å². The molecule has 11 nitrogen and oxygen atoms in total. The molecule has 0 radical (unpaired) electrons. The highest BCUT2D eigenvalue weighted by atomic mass is 16.7. The van der Waals surface area contributed by atoms with Crippen molar-refractivity contribution in [3.63, 3.8) is 0 Å². The van der Waals surface area contributed by atoms with Gasteiger partial charge in [-0.2, -0.15) is 5.21 Å². The van der Waals surface area contributed by atoms with Crippen LogP contribution in [0.1, 0.15) is 21.6 Å². The van der Waals surface area contributed by atoms with Crippen LogP contribution in [0.15, 0.2) is 97.1 Å². The van der Waals surface area contributed by atoms with Gasteiger partial charge in [-0.3, -0.25) is 4.79 Å². The summed E-state index contributed by atoms with van der Waals surface area (Å²) >= 11 is 0. The van der Waals surface area contributed by atoms with Crippen molar-refractivity contribution in [2.75, 3.05) is 12.1 Å². The summed E-state index contributed by atoms with van der Waals surface area (Å²) in [4.78, 5) is 25.9. The van der Waals surface area contributed by atoms with Crippen molar-refractivity contribution in [1.29, 1.82) is 0 Å². The molecule has 4 aromatic carbocycles. The minimum Gasteiger partial charge on any atom is -0.477 e. The average Bonchev–Trinajstić information content (AvgIpc) is 3.81. The van der Waals surface area contributed by atoms with Gasteiger partial charge >= 0.3 is 5.97 Å². The second-order valence-corrected chi connectivity index (χ2v) is 10.1. The topological polar surface area (TPSA) is 144 Å². The Balaban J connectivity index is 1.34. The van der Waals surface area contributed by atoms with Gasteiger partial charge in [-0.05, 0) is 57.8 Å². The second-order valence-electron chi connectivity index (χ2n) is 10.1. The molecule has 0 unspecified atom stereocenters. The molecule has 3 N–H and O–H groups in total. The van der Waals surface area contributed by atoms with Gasteiger partial charge < -0.3 is 24.5 Å².